The number of halogens is 2. The van der Waals surface area contributed by atoms with Crippen LogP contribution in [0.15, 0.2) is 34.2 Å². The smallest absolute Gasteiger partial charge is 0.191 e. The summed E-state index contributed by atoms with van der Waals surface area (Å²) in [5.41, 5.74) is 0. The van der Waals surface area contributed by atoms with Crippen LogP contribution in [0.25, 0.3) is 0 Å². The van der Waals surface area contributed by atoms with Gasteiger partial charge in [0.1, 0.15) is 5.82 Å². The standard InChI is InChI=1S/C19H31FN4S.HI/c1-15(2)14-24-11-8-17(9-12-24)23-19(21-3)22-10-13-25-18-6-4-16(20)5-7-18;/h4-7,15,17H,8-14H2,1-3H3,(H2,21,22,23);1H. The van der Waals surface area contributed by atoms with Crippen LogP contribution < -0.4 is 10.6 Å². The van der Waals surface area contributed by atoms with Gasteiger partial charge in [-0.15, -0.1) is 35.7 Å². The topological polar surface area (TPSA) is 39.7 Å². The molecule has 1 aliphatic rings. The number of benzene rings is 1. The third-order valence-electron chi connectivity index (χ3n) is 4.25. The summed E-state index contributed by atoms with van der Waals surface area (Å²) in [7, 11) is 1.82. The van der Waals surface area contributed by atoms with Crippen LogP contribution in [0, 0.1) is 11.7 Å². The largest absolute Gasteiger partial charge is 0.356 e. The van der Waals surface area contributed by atoms with Crippen LogP contribution in [0.4, 0.5) is 4.39 Å². The molecule has 1 aromatic carbocycles. The summed E-state index contributed by atoms with van der Waals surface area (Å²) in [4.78, 5) is 7.97. The molecule has 7 heteroatoms. The predicted molar refractivity (Wildman–Crippen MR) is 121 cm³/mol. The van der Waals surface area contributed by atoms with Gasteiger partial charge in [0.15, 0.2) is 5.96 Å². The minimum absolute atomic E-state index is 0. The van der Waals surface area contributed by atoms with Crippen molar-refractivity contribution >= 4 is 41.7 Å². The van der Waals surface area contributed by atoms with Gasteiger partial charge in [-0.05, 0) is 43.0 Å². The van der Waals surface area contributed by atoms with Crippen LogP contribution in [-0.2, 0) is 0 Å². The van der Waals surface area contributed by atoms with Gasteiger partial charge in [0.2, 0.25) is 0 Å². The van der Waals surface area contributed by atoms with Gasteiger partial charge in [0.05, 0.1) is 0 Å². The van der Waals surface area contributed by atoms with E-state index < -0.39 is 0 Å². The van der Waals surface area contributed by atoms with Crippen molar-refractivity contribution in [2.75, 3.05) is 39.0 Å². The summed E-state index contributed by atoms with van der Waals surface area (Å²) in [6.07, 6.45) is 2.33. The zero-order valence-corrected chi connectivity index (χ0v) is 19.1. The first-order valence-corrected chi connectivity index (χ1v) is 10.1. The van der Waals surface area contributed by atoms with Crippen molar-refractivity contribution in [3.63, 3.8) is 0 Å². The number of likely N-dealkylation sites (tertiary alicyclic amines) is 1. The molecule has 0 radical (unpaired) electrons. The fourth-order valence-corrected chi connectivity index (χ4v) is 3.80. The minimum Gasteiger partial charge on any atom is -0.356 e. The molecule has 0 spiro atoms. The number of nitrogens with zero attached hydrogens (tertiary/aromatic N) is 2. The molecule has 2 rings (SSSR count). The highest BCUT2D eigenvalue weighted by Crippen LogP contribution is 2.17. The maximum Gasteiger partial charge on any atom is 0.191 e. The Bertz CT molecular complexity index is 531. The molecule has 0 bridgehead atoms. The van der Waals surface area contributed by atoms with Crippen LogP contribution >= 0.6 is 35.7 Å². The number of aliphatic imine (C=N–C) groups is 1. The molecule has 0 saturated carbocycles. The van der Waals surface area contributed by atoms with E-state index in [9.17, 15) is 4.39 Å². The first-order chi connectivity index (χ1) is 12.1. The fourth-order valence-electron chi connectivity index (χ4n) is 3.03. The Balaban J connectivity index is 0.00000338. The molecule has 0 unspecified atom stereocenters. The highest BCUT2D eigenvalue weighted by molar-refractivity contribution is 14.0. The highest BCUT2D eigenvalue weighted by atomic mass is 127. The van der Waals surface area contributed by atoms with E-state index >= 15 is 0 Å². The second kappa shape index (κ2) is 12.8. The van der Waals surface area contributed by atoms with Gasteiger partial charge in [-0.3, -0.25) is 4.99 Å². The van der Waals surface area contributed by atoms with Crippen molar-refractivity contribution in [3.8, 4) is 0 Å². The molecule has 0 atom stereocenters. The lowest BCUT2D eigenvalue weighted by atomic mass is 10.0. The van der Waals surface area contributed by atoms with E-state index in [0.29, 0.717) is 6.04 Å². The molecule has 1 heterocycles. The van der Waals surface area contributed by atoms with Gasteiger partial charge in [-0.25, -0.2) is 4.39 Å². The number of nitrogens with one attached hydrogen (secondary N) is 2. The highest BCUT2D eigenvalue weighted by Gasteiger charge is 2.20. The Labute approximate surface area is 178 Å². The first-order valence-electron chi connectivity index (χ1n) is 9.14. The van der Waals surface area contributed by atoms with E-state index in [-0.39, 0.29) is 29.8 Å². The van der Waals surface area contributed by atoms with Crippen LogP contribution in [0.3, 0.4) is 0 Å². The molecule has 2 N–H and O–H groups in total. The zero-order chi connectivity index (χ0) is 18.1. The van der Waals surface area contributed by atoms with Crippen LogP contribution in [0.2, 0.25) is 0 Å². The van der Waals surface area contributed by atoms with Crippen molar-refractivity contribution in [1.82, 2.24) is 15.5 Å². The number of guanidine groups is 1. The lowest BCUT2D eigenvalue weighted by molar-refractivity contribution is 0.187. The third kappa shape index (κ3) is 8.90. The van der Waals surface area contributed by atoms with Gasteiger partial charge < -0.3 is 15.5 Å². The number of thioether (sulfide) groups is 1. The van der Waals surface area contributed by atoms with E-state index in [1.807, 2.05) is 19.2 Å². The average Bonchev–Trinajstić information content (AvgIpc) is 2.60. The molecular formula is C19H32FIN4S. The molecule has 1 aliphatic heterocycles. The fraction of sp³-hybridized carbons (Fsp3) is 0.632. The third-order valence-corrected chi connectivity index (χ3v) is 5.27. The molecule has 26 heavy (non-hydrogen) atoms. The van der Waals surface area contributed by atoms with Gasteiger partial charge in [0.25, 0.3) is 0 Å². The maximum atomic E-state index is 12.9. The van der Waals surface area contributed by atoms with Crippen molar-refractivity contribution in [1.29, 1.82) is 0 Å². The Kier molecular flexibility index (Phi) is 11.5. The van der Waals surface area contributed by atoms with Gasteiger partial charge in [-0.1, -0.05) is 13.8 Å². The molecule has 1 fully saturated rings. The Morgan fingerprint density at radius 2 is 1.92 bits per heavy atom. The van der Waals surface area contributed by atoms with Crippen molar-refractivity contribution in [2.24, 2.45) is 10.9 Å². The molecule has 4 nitrogen and oxygen atoms in total. The van der Waals surface area contributed by atoms with E-state index in [0.717, 1.165) is 55.0 Å². The maximum absolute atomic E-state index is 12.9. The van der Waals surface area contributed by atoms with E-state index in [4.69, 9.17) is 0 Å². The van der Waals surface area contributed by atoms with Crippen LogP contribution in [-0.4, -0.2) is 55.9 Å². The molecule has 0 aliphatic carbocycles. The Morgan fingerprint density at radius 3 is 2.50 bits per heavy atom. The van der Waals surface area contributed by atoms with E-state index in [1.165, 1.54) is 18.7 Å². The lowest BCUT2D eigenvalue weighted by Crippen LogP contribution is -2.49. The van der Waals surface area contributed by atoms with Crippen molar-refractivity contribution in [2.45, 2.75) is 37.6 Å². The minimum atomic E-state index is -0.188. The second-order valence-electron chi connectivity index (χ2n) is 6.91. The molecule has 148 valence electrons. The number of rotatable bonds is 7. The van der Waals surface area contributed by atoms with Crippen LogP contribution in [0.1, 0.15) is 26.7 Å². The zero-order valence-electron chi connectivity index (χ0n) is 16.0. The second-order valence-corrected chi connectivity index (χ2v) is 8.08. The summed E-state index contributed by atoms with van der Waals surface area (Å²) < 4.78 is 12.9. The SMILES string of the molecule is CN=C(NCCSc1ccc(F)cc1)NC1CCN(CC(C)C)CC1.I. The first kappa shape index (κ1) is 23.5. The summed E-state index contributed by atoms with van der Waals surface area (Å²) in [5.74, 6) is 2.34. The summed E-state index contributed by atoms with van der Waals surface area (Å²) >= 11 is 1.71. The Morgan fingerprint density at radius 1 is 1.27 bits per heavy atom. The van der Waals surface area contributed by atoms with Crippen LogP contribution in [0.5, 0.6) is 0 Å². The summed E-state index contributed by atoms with van der Waals surface area (Å²) in [6.45, 7) is 8.90. The van der Waals surface area contributed by atoms with Crippen molar-refractivity contribution < 1.29 is 4.39 Å². The Hall–Kier alpha value is -0.540. The molecule has 1 aromatic rings. The molecule has 1 saturated heterocycles. The van der Waals surface area contributed by atoms with E-state index in [1.54, 1.807) is 11.8 Å². The average molecular weight is 494 g/mol. The van der Waals surface area contributed by atoms with Gasteiger partial charge in [-0.2, -0.15) is 0 Å². The summed E-state index contributed by atoms with van der Waals surface area (Å²) in [6, 6.07) is 7.14. The van der Waals surface area contributed by atoms with Crippen molar-refractivity contribution in [3.05, 3.63) is 30.1 Å². The normalized spacial score (nSPS) is 16.4. The molecule has 0 aromatic heterocycles. The predicted octanol–water partition coefficient (Wildman–Crippen LogP) is 3.82. The van der Waals surface area contributed by atoms with E-state index in [2.05, 4.69) is 34.4 Å². The molecule has 0 amide bonds. The molecular weight excluding hydrogens is 462 g/mol. The monoisotopic (exact) mass is 494 g/mol. The number of piperidine rings is 1. The van der Waals surface area contributed by atoms with Gasteiger partial charge >= 0.3 is 0 Å². The van der Waals surface area contributed by atoms with Gasteiger partial charge in [0, 0.05) is 49.9 Å². The number of hydrogen-bond donors (Lipinski definition) is 2. The lowest BCUT2D eigenvalue weighted by Gasteiger charge is -2.33. The summed E-state index contributed by atoms with van der Waals surface area (Å²) in [5, 5.41) is 6.91. The number of hydrogen-bond acceptors (Lipinski definition) is 3. The quantitative estimate of drug-likeness (QED) is 0.199.